The van der Waals surface area contributed by atoms with Gasteiger partial charge in [0.25, 0.3) is 5.91 Å². The molecule has 0 spiro atoms. The van der Waals surface area contributed by atoms with Gasteiger partial charge in [-0.2, -0.15) is 0 Å². The number of amides is 1. The standard InChI is InChI=1S/C24H19Cl2NO4/c1-14-7-8-15(2)19(11-14)22(28)13-31-24(30)18-5-3-4-6-21(18)27-23(29)17-10-9-16(25)12-20(17)26/h3-12H,13H2,1-2H3,(H,27,29). The number of rotatable bonds is 6. The molecule has 0 aliphatic rings. The molecule has 0 unspecified atom stereocenters. The minimum Gasteiger partial charge on any atom is -0.454 e. The first-order chi connectivity index (χ1) is 14.8. The Labute approximate surface area is 189 Å². The maximum absolute atomic E-state index is 12.6. The van der Waals surface area contributed by atoms with Gasteiger partial charge in [-0.15, -0.1) is 0 Å². The zero-order valence-corrected chi connectivity index (χ0v) is 18.4. The fourth-order valence-corrected chi connectivity index (χ4v) is 3.45. The van der Waals surface area contributed by atoms with Gasteiger partial charge < -0.3 is 10.1 Å². The Morgan fingerprint density at radius 3 is 2.35 bits per heavy atom. The quantitative estimate of drug-likeness (QED) is 0.370. The number of carbonyl (C=O) groups excluding carboxylic acids is 3. The summed E-state index contributed by atoms with van der Waals surface area (Å²) in [6, 6.07) is 16.4. The third-order valence-corrected chi connectivity index (χ3v) is 5.15. The number of benzene rings is 3. The normalized spacial score (nSPS) is 10.5. The highest BCUT2D eigenvalue weighted by atomic mass is 35.5. The van der Waals surface area contributed by atoms with Crippen LogP contribution >= 0.6 is 23.2 Å². The van der Waals surface area contributed by atoms with Crippen molar-refractivity contribution in [3.05, 3.63) is 98.5 Å². The second kappa shape index (κ2) is 9.77. The summed E-state index contributed by atoms with van der Waals surface area (Å²) >= 11 is 12.0. The van der Waals surface area contributed by atoms with Gasteiger partial charge >= 0.3 is 5.97 Å². The van der Waals surface area contributed by atoms with E-state index in [1.54, 1.807) is 30.3 Å². The smallest absolute Gasteiger partial charge is 0.340 e. The van der Waals surface area contributed by atoms with Crippen LogP contribution in [0.1, 0.15) is 42.2 Å². The first kappa shape index (κ1) is 22.5. The molecule has 31 heavy (non-hydrogen) atoms. The highest BCUT2D eigenvalue weighted by Crippen LogP contribution is 2.23. The van der Waals surface area contributed by atoms with Crippen molar-refractivity contribution in [1.29, 1.82) is 0 Å². The van der Waals surface area contributed by atoms with Gasteiger partial charge in [-0.3, -0.25) is 9.59 Å². The van der Waals surface area contributed by atoms with E-state index in [9.17, 15) is 14.4 Å². The number of ketones is 1. The molecule has 158 valence electrons. The third kappa shape index (κ3) is 5.51. The van der Waals surface area contributed by atoms with Crippen LogP contribution in [-0.2, 0) is 4.74 Å². The van der Waals surface area contributed by atoms with Gasteiger partial charge in [-0.05, 0) is 55.8 Å². The molecule has 0 saturated heterocycles. The van der Waals surface area contributed by atoms with E-state index in [1.807, 2.05) is 26.0 Å². The summed E-state index contributed by atoms with van der Waals surface area (Å²) in [7, 11) is 0. The first-order valence-electron chi connectivity index (χ1n) is 9.39. The summed E-state index contributed by atoms with van der Waals surface area (Å²) < 4.78 is 5.22. The number of anilines is 1. The zero-order chi connectivity index (χ0) is 22.5. The molecule has 5 nitrogen and oxygen atoms in total. The molecule has 3 aromatic carbocycles. The Balaban J connectivity index is 1.73. The summed E-state index contributed by atoms with van der Waals surface area (Å²) in [6.45, 7) is 3.30. The maximum Gasteiger partial charge on any atom is 0.340 e. The van der Waals surface area contributed by atoms with Gasteiger partial charge in [0, 0.05) is 10.6 Å². The molecular weight excluding hydrogens is 437 g/mol. The Kier molecular flexibility index (Phi) is 7.10. The Bertz CT molecular complexity index is 1170. The lowest BCUT2D eigenvalue weighted by Gasteiger charge is -2.12. The van der Waals surface area contributed by atoms with Crippen molar-refractivity contribution in [3.8, 4) is 0 Å². The Hall–Kier alpha value is -3.15. The van der Waals surface area contributed by atoms with Crippen molar-refractivity contribution < 1.29 is 19.1 Å². The summed E-state index contributed by atoms with van der Waals surface area (Å²) in [4.78, 5) is 37.7. The number of nitrogens with one attached hydrogen (secondary N) is 1. The SMILES string of the molecule is Cc1ccc(C)c(C(=O)COC(=O)c2ccccc2NC(=O)c2ccc(Cl)cc2Cl)c1. The summed E-state index contributed by atoms with van der Waals surface area (Å²) in [6.07, 6.45) is 0. The monoisotopic (exact) mass is 455 g/mol. The fourth-order valence-electron chi connectivity index (χ4n) is 2.96. The van der Waals surface area contributed by atoms with E-state index >= 15 is 0 Å². The molecule has 0 saturated carbocycles. The lowest BCUT2D eigenvalue weighted by molar-refractivity contribution is 0.0475. The third-order valence-electron chi connectivity index (χ3n) is 4.60. The number of halogens is 2. The van der Waals surface area contributed by atoms with Crippen molar-refractivity contribution in [2.75, 3.05) is 11.9 Å². The van der Waals surface area contributed by atoms with Crippen molar-refractivity contribution in [2.45, 2.75) is 13.8 Å². The average Bonchev–Trinajstić information content (AvgIpc) is 2.73. The van der Waals surface area contributed by atoms with Crippen molar-refractivity contribution in [2.24, 2.45) is 0 Å². The number of hydrogen-bond donors (Lipinski definition) is 1. The van der Waals surface area contributed by atoms with E-state index in [0.717, 1.165) is 11.1 Å². The molecule has 0 aliphatic heterocycles. The lowest BCUT2D eigenvalue weighted by atomic mass is 10.0. The summed E-state index contributed by atoms with van der Waals surface area (Å²) in [5.41, 5.74) is 2.82. The minimum absolute atomic E-state index is 0.120. The van der Waals surface area contributed by atoms with Crippen LogP contribution in [0, 0.1) is 13.8 Å². The molecule has 0 fully saturated rings. The van der Waals surface area contributed by atoms with E-state index in [0.29, 0.717) is 10.6 Å². The van der Waals surface area contributed by atoms with Crippen LogP contribution in [0.15, 0.2) is 60.7 Å². The average molecular weight is 456 g/mol. The van der Waals surface area contributed by atoms with Gasteiger partial charge in [0.15, 0.2) is 6.61 Å². The van der Waals surface area contributed by atoms with Crippen LogP contribution in [-0.4, -0.2) is 24.3 Å². The number of Topliss-reactive ketones (excluding diaryl/α,β-unsaturated/α-hetero) is 1. The summed E-state index contributed by atoms with van der Waals surface area (Å²) in [5, 5.41) is 3.24. The predicted molar refractivity (Wildman–Crippen MR) is 121 cm³/mol. The van der Waals surface area contributed by atoms with E-state index in [-0.39, 0.29) is 27.6 Å². The van der Waals surface area contributed by atoms with Crippen molar-refractivity contribution in [3.63, 3.8) is 0 Å². The number of hydrogen-bond acceptors (Lipinski definition) is 4. The van der Waals surface area contributed by atoms with Gasteiger partial charge in [0.2, 0.25) is 5.78 Å². The molecule has 0 aromatic heterocycles. The highest BCUT2D eigenvalue weighted by Gasteiger charge is 2.19. The van der Waals surface area contributed by atoms with Crippen LogP contribution in [0.5, 0.6) is 0 Å². The molecule has 3 aromatic rings. The maximum atomic E-state index is 12.6. The molecule has 1 amide bonds. The molecule has 0 bridgehead atoms. The van der Waals surface area contributed by atoms with Gasteiger partial charge in [0.1, 0.15) is 0 Å². The van der Waals surface area contributed by atoms with Gasteiger partial charge in [-0.1, -0.05) is 53.0 Å². The lowest BCUT2D eigenvalue weighted by Crippen LogP contribution is -2.18. The molecule has 0 radical (unpaired) electrons. The second-order valence-electron chi connectivity index (χ2n) is 6.94. The molecule has 7 heteroatoms. The van der Waals surface area contributed by atoms with E-state index in [2.05, 4.69) is 5.32 Å². The number of esters is 1. The Morgan fingerprint density at radius 2 is 1.61 bits per heavy atom. The predicted octanol–water partition coefficient (Wildman–Crippen LogP) is 5.90. The molecule has 3 rings (SSSR count). The largest absolute Gasteiger partial charge is 0.454 e. The second-order valence-corrected chi connectivity index (χ2v) is 7.79. The summed E-state index contributed by atoms with van der Waals surface area (Å²) in [5.74, 6) is -1.53. The van der Waals surface area contributed by atoms with Crippen LogP contribution in [0.4, 0.5) is 5.69 Å². The van der Waals surface area contributed by atoms with Crippen molar-refractivity contribution in [1.82, 2.24) is 0 Å². The van der Waals surface area contributed by atoms with E-state index < -0.39 is 18.5 Å². The molecule has 1 N–H and O–H groups in total. The fraction of sp³-hybridized carbons (Fsp3) is 0.125. The van der Waals surface area contributed by atoms with Crippen LogP contribution in [0.25, 0.3) is 0 Å². The van der Waals surface area contributed by atoms with Crippen LogP contribution < -0.4 is 5.32 Å². The Morgan fingerprint density at radius 1 is 0.871 bits per heavy atom. The number of aryl methyl sites for hydroxylation is 2. The molecule has 0 heterocycles. The first-order valence-corrected chi connectivity index (χ1v) is 10.1. The minimum atomic E-state index is -0.725. The number of ether oxygens (including phenoxy) is 1. The van der Waals surface area contributed by atoms with Crippen LogP contribution in [0.3, 0.4) is 0 Å². The molecule has 0 aliphatic carbocycles. The van der Waals surface area contributed by atoms with Crippen LogP contribution in [0.2, 0.25) is 10.0 Å². The van der Waals surface area contributed by atoms with Gasteiger partial charge in [-0.25, -0.2) is 4.79 Å². The van der Waals surface area contributed by atoms with Gasteiger partial charge in [0.05, 0.1) is 21.8 Å². The van der Waals surface area contributed by atoms with E-state index in [1.165, 1.54) is 18.2 Å². The molecular formula is C24H19Cl2NO4. The number of para-hydroxylation sites is 1. The van der Waals surface area contributed by atoms with Crippen molar-refractivity contribution >= 4 is 46.5 Å². The van der Waals surface area contributed by atoms with E-state index in [4.69, 9.17) is 27.9 Å². The zero-order valence-electron chi connectivity index (χ0n) is 16.9. The highest BCUT2D eigenvalue weighted by molar-refractivity contribution is 6.37. The topological polar surface area (TPSA) is 72.5 Å². The number of carbonyl (C=O) groups is 3. The molecule has 0 atom stereocenters.